The van der Waals surface area contributed by atoms with Crippen LogP contribution in [0.4, 0.5) is 0 Å². The zero-order valence-corrected chi connectivity index (χ0v) is 17.5. The Morgan fingerprint density at radius 1 is 1.14 bits per heavy atom. The van der Waals surface area contributed by atoms with Crippen molar-refractivity contribution in [1.82, 2.24) is 14.5 Å². The number of amides is 1. The summed E-state index contributed by atoms with van der Waals surface area (Å²) in [6.07, 6.45) is 4.73. The fourth-order valence-corrected chi connectivity index (χ4v) is 5.34. The summed E-state index contributed by atoms with van der Waals surface area (Å²) in [5.74, 6) is -0.416. The summed E-state index contributed by atoms with van der Waals surface area (Å²) in [7, 11) is -3.75. The molecule has 0 unspecified atom stereocenters. The largest absolute Gasteiger partial charge is 0.355 e. The normalized spacial score (nSPS) is 17.8. The predicted molar refractivity (Wildman–Crippen MR) is 109 cm³/mol. The number of ketones is 1. The van der Waals surface area contributed by atoms with Gasteiger partial charge in [0.1, 0.15) is 5.78 Å². The molecule has 29 heavy (non-hydrogen) atoms. The number of carbonyl (C=O) groups is 2. The predicted octanol–water partition coefficient (Wildman–Crippen LogP) is 1.51. The minimum Gasteiger partial charge on any atom is -0.355 e. The summed E-state index contributed by atoms with van der Waals surface area (Å²) in [5.41, 5.74) is 0.885. The molecule has 1 aliphatic carbocycles. The van der Waals surface area contributed by atoms with E-state index >= 15 is 0 Å². The van der Waals surface area contributed by atoms with Gasteiger partial charge in [-0.2, -0.15) is 0 Å². The quantitative estimate of drug-likeness (QED) is 0.620. The van der Waals surface area contributed by atoms with Crippen LogP contribution >= 0.6 is 0 Å². The van der Waals surface area contributed by atoms with Gasteiger partial charge in [0.2, 0.25) is 11.9 Å². The van der Waals surface area contributed by atoms with Gasteiger partial charge in [0.15, 0.2) is 0 Å². The number of nitrogens with one attached hydrogen (secondary N) is 2. The number of rotatable bonds is 8. The first-order valence-corrected chi connectivity index (χ1v) is 11.5. The molecule has 1 heterocycles. The van der Waals surface area contributed by atoms with E-state index in [0.717, 1.165) is 31.2 Å². The summed E-state index contributed by atoms with van der Waals surface area (Å²) in [4.78, 5) is 24.5. The first kappa shape index (κ1) is 21.3. The van der Waals surface area contributed by atoms with E-state index in [-0.39, 0.29) is 35.0 Å². The minimum absolute atomic E-state index is 0.0779. The van der Waals surface area contributed by atoms with Crippen molar-refractivity contribution in [3.05, 3.63) is 29.8 Å². The fourth-order valence-electron chi connectivity index (χ4n) is 3.95. The van der Waals surface area contributed by atoms with Crippen molar-refractivity contribution in [2.75, 3.05) is 19.6 Å². The van der Waals surface area contributed by atoms with E-state index < -0.39 is 10.0 Å². The van der Waals surface area contributed by atoms with Crippen LogP contribution in [-0.2, 0) is 26.0 Å². The first-order valence-electron chi connectivity index (χ1n) is 10.0. The number of benzene rings is 1. The molecule has 1 aromatic carbocycles. The Morgan fingerprint density at radius 2 is 1.79 bits per heavy atom. The molecule has 1 aliphatic heterocycles. The maximum atomic E-state index is 13.0. The Morgan fingerprint density at radius 3 is 2.41 bits per heavy atom. The Balaban J connectivity index is 1.59. The molecule has 8 nitrogen and oxygen atoms in total. The van der Waals surface area contributed by atoms with Crippen LogP contribution in [0.5, 0.6) is 0 Å². The van der Waals surface area contributed by atoms with Crippen LogP contribution in [0.15, 0.2) is 29.2 Å². The number of carbonyl (C=O) groups excluding carboxylic acids is 2. The number of sulfonamides is 1. The molecule has 0 spiro atoms. The highest BCUT2D eigenvalue weighted by Gasteiger charge is 2.38. The van der Waals surface area contributed by atoms with Crippen LogP contribution in [0.25, 0.3) is 0 Å². The second-order valence-electron chi connectivity index (χ2n) is 7.66. The lowest BCUT2D eigenvalue weighted by atomic mass is 10.1. The number of Topliss-reactive ketones (excluding diaryl/α,β-unsaturated/α-hetero) is 1. The second kappa shape index (κ2) is 8.94. The van der Waals surface area contributed by atoms with Crippen LogP contribution in [0.3, 0.4) is 0 Å². The molecule has 0 bridgehead atoms. The standard InChI is InChI=1S/C20H28N4O4S/c1-15(25)14-19(26)22-11-10-16-6-8-18(9-7-16)29(27,28)24-13-12-23(20(24)21)17-4-2-3-5-17/h6-9,17,21H,2-5,10-14H2,1H3,(H,22,26). The van der Waals surface area contributed by atoms with E-state index in [4.69, 9.17) is 5.41 Å². The molecule has 1 amide bonds. The molecule has 1 aromatic rings. The Hall–Kier alpha value is -2.42. The van der Waals surface area contributed by atoms with Crippen molar-refractivity contribution >= 4 is 27.7 Å². The average molecular weight is 421 g/mol. The molecule has 0 aromatic heterocycles. The van der Waals surface area contributed by atoms with Crippen molar-refractivity contribution in [3.63, 3.8) is 0 Å². The summed E-state index contributed by atoms with van der Waals surface area (Å²) in [6.45, 7) is 2.62. The lowest BCUT2D eigenvalue weighted by Gasteiger charge is -2.26. The monoisotopic (exact) mass is 420 g/mol. The molecule has 2 fully saturated rings. The van der Waals surface area contributed by atoms with Gasteiger partial charge in [-0.1, -0.05) is 25.0 Å². The summed E-state index contributed by atoms with van der Waals surface area (Å²) in [5, 5.41) is 11.0. The van der Waals surface area contributed by atoms with Crippen molar-refractivity contribution in [1.29, 1.82) is 5.41 Å². The van der Waals surface area contributed by atoms with Gasteiger partial charge in [-0.3, -0.25) is 15.0 Å². The fraction of sp³-hybridized carbons (Fsp3) is 0.550. The number of hydrogen-bond acceptors (Lipinski definition) is 5. The van der Waals surface area contributed by atoms with Crippen LogP contribution in [0.1, 0.15) is 44.6 Å². The Bertz CT molecular complexity index is 876. The molecule has 0 radical (unpaired) electrons. The van der Waals surface area contributed by atoms with Crippen molar-refractivity contribution in [2.45, 2.75) is 56.4 Å². The maximum Gasteiger partial charge on any atom is 0.266 e. The molecule has 9 heteroatoms. The van der Waals surface area contributed by atoms with Crippen LogP contribution in [0, 0.1) is 5.41 Å². The third-order valence-corrected chi connectivity index (χ3v) is 7.28. The van der Waals surface area contributed by atoms with E-state index in [1.165, 1.54) is 11.2 Å². The Kier molecular flexibility index (Phi) is 6.56. The molecular formula is C20H28N4O4S. The van der Waals surface area contributed by atoms with E-state index in [9.17, 15) is 18.0 Å². The molecule has 0 atom stereocenters. The highest BCUT2D eigenvalue weighted by atomic mass is 32.2. The zero-order chi connectivity index (χ0) is 21.0. The number of guanidine groups is 1. The van der Waals surface area contributed by atoms with E-state index in [0.29, 0.717) is 26.1 Å². The van der Waals surface area contributed by atoms with Gasteiger partial charge in [0, 0.05) is 19.1 Å². The van der Waals surface area contributed by atoms with Crippen LogP contribution < -0.4 is 5.32 Å². The maximum absolute atomic E-state index is 13.0. The molecule has 2 aliphatic rings. The van der Waals surface area contributed by atoms with Crippen molar-refractivity contribution < 1.29 is 18.0 Å². The molecule has 3 rings (SSSR count). The van der Waals surface area contributed by atoms with Gasteiger partial charge in [-0.15, -0.1) is 0 Å². The molecule has 1 saturated heterocycles. The summed E-state index contributed by atoms with van der Waals surface area (Å²) < 4.78 is 27.2. The smallest absolute Gasteiger partial charge is 0.266 e. The van der Waals surface area contributed by atoms with E-state index in [1.54, 1.807) is 24.3 Å². The lowest BCUT2D eigenvalue weighted by molar-refractivity contribution is -0.127. The Labute approximate surface area is 171 Å². The average Bonchev–Trinajstić information content (AvgIpc) is 3.31. The SMILES string of the molecule is CC(=O)CC(=O)NCCc1ccc(S(=O)(=O)N2CCN(C3CCCC3)C2=N)cc1. The lowest BCUT2D eigenvalue weighted by Crippen LogP contribution is -2.40. The van der Waals surface area contributed by atoms with Gasteiger partial charge < -0.3 is 10.2 Å². The third kappa shape index (κ3) is 4.95. The van der Waals surface area contributed by atoms with Gasteiger partial charge in [-0.25, -0.2) is 12.7 Å². The number of hydrogen-bond donors (Lipinski definition) is 2. The topological polar surface area (TPSA) is 111 Å². The van der Waals surface area contributed by atoms with Crippen LogP contribution in [-0.4, -0.2) is 60.9 Å². The molecule has 1 saturated carbocycles. The van der Waals surface area contributed by atoms with Gasteiger partial charge in [-0.05, 0) is 43.9 Å². The van der Waals surface area contributed by atoms with Crippen molar-refractivity contribution in [2.24, 2.45) is 0 Å². The summed E-state index contributed by atoms with van der Waals surface area (Å²) in [6, 6.07) is 6.82. The van der Waals surface area contributed by atoms with Crippen molar-refractivity contribution in [3.8, 4) is 0 Å². The van der Waals surface area contributed by atoms with Gasteiger partial charge in [0.25, 0.3) is 10.0 Å². The molecular weight excluding hydrogens is 392 g/mol. The summed E-state index contributed by atoms with van der Waals surface area (Å²) >= 11 is 0. The highest BCUT2D eigenvalue weighted by Crippen LogP contribution is 2.28. The highest BCUT2D eigenvalue weighted by molar-refractivity contribution is 7.89. The van der Waals surface area contributed by atoms with E-state index in [2.05, 4.69) is 5.32 Å². The molecule has 2 N–H and O–H groups in total. The minimum atomic E-state index is -3.75. The zero-order valence-electron chi connectivity index (χ0n) is 16.7. The van der Waals surface area contributed by atoms with E-state index in [1.807, 2.05) is 4.90 Å². The third-order valence-electron chi connectivity index (χ3n) is 5.47. The second-order valence-corrected chi connectivity index (χ2v) is 9.52. The number of nitrogens with zero attached hydrogens (tertiary/aromatic N) is 2. The first-order chi connectivity index (χ1) is 13.8. The van der Waals surface area contributed by atoms with Gasteiger partial charge >= 0.3 is 0 Å². The van der Waals surface area contributed by atoms with Crippen LogP contribution in [0.2, 0.25) is 0 Å². The molecule has 158 valence electrons. The van der Waals surface area contributed by atoms with Gasteiger partial charge in [0.05, 0.1) is 17.9 Å².